The predicted octanol–water partition coefficient (Wildman–Crippen LogP) is 3.27. The lowest BCUT2D eigenvalue weighted by molar-refractivity contribution is 0.646. The highest BCUT2D eigenvalue weighted by molar-refractivity contribution is 6.03. The molecule has 0 atom stereocenters. The molecule has 0 aromatic carbocycles. The molecule has 2 heterocycles. The van der Waals surface area contributed by atoms with Gasteiger partial charge in [-0.3, -0.25) is 4.98 Å². The second-order valence-corrected chi connectivity index (χ2v) is 5.22. The molecule has 7 heteroatoms. The molecule has 2 aromatic rings. The zero-order valence-electron chi connectivity index (χ0n) is 14.6. The SMILES string of the molecule is C\C=C/C=C(N=C(NN)c1cc(-c2cccnc2)cnc1N)\C(F)=C/C. The van der Waals surface area contributed by atoms with Gasteiger partial charge in [-0.05, 0) is 38.1 Å². The molecule has 0 aliphatic rings. The van der Waals surface area contributed by atoms with Gasteiger partial charge in [0.15, 0.2) is 5.84 Å². The van der Waals surface area contributed by atoms with Crippen LogP contribution in [-0.4, -0.2) is 15.8 Å². The van der Waals surface area contributed by atoms with E-state index in [9.17, 15) is 4.39 Å². The van der Waals surface area contributed by atoms with Gasteiger partial charge in [0.2, 0.25) is 0 Å². The van der Waals surface area contributed by atoms with E-state index in [2.05, 4.69) is 20.4 Å². The van der Waals surface area contributed by atoms with Gasteiger partial charge in [-0.2, -0.15) is 0 Å². The number of aliphatic imine (C=N–C) groups is 1. The van der Waals surface area contributed by atoms with Gasteiger partial charge in [0.1, 0.15) is 17.3 Å². The Bertz CT molecular complexity index is 869. The van der Waals surface area contributed by atoms with Crippen molar-refractivity contribution < 1.29 is 4.39 Å². The van der Waals surface area contributed by atoms with E-state index in [-0.39, 0.29) is 17.4 Å². The lowest BCUT2D eigenvalue weighted by Gasteiger charge is -2.11. The fraction of sp³-hybridized carbons (Fsp3) is 0.105. The Morgan fingerprint density at radius 1 is 1.27 bits per heavy atom. The van der Waals surface area contributed by atoms with Gasteiger partial charge < -0.3 is 11.2 Å². The van der Waals surface area contributed by atoms with Gasteiger partial charge in [-0.15, -0.1) is 0 Å². The molecule has 6 nitrogen and oxygen atoms in total. The Morgan fingerprint density at radius 2 is 2.08 bits per heavy atom. The Kier molecular flexibility index (Phi) is 6.75. The number of rotatable bonds is 5. The van der Waals surface area contributed by atoms with Crippen LogP contribution < -0.4 is 17.0 Å². The maximum atomic E-state index is 14.1. The molecule has 0 aliphatic heterocycles. The topological polar surface area (TPSA) is 102 Å². The summed E-state index contributed by atoms with van der Waals surface area (Å²) < 4.78 is 14.1. The summed E-state index contributed by atoms with van der Waals surface area (Å²) in [6, 6.07) is 5.49. The van der Waals surface area contributed by atoms with Crippen LogP contribution in [0.3, 0.4) is 0 Å². The number of nitrogen functional groups attached to an aromatic ring is 1. The smallest absolute Gasteiger partial charge is 0.151 e. The minimum atomic E-state index is -0.481. The molecule has 5 N–H and O–H groups in total. The van der Waals surface area contributed by atoms with Crippen LogP contribution in [0.2, 0.25) is 0 Å². The van der Waals surface area contributed by atoms with E-state index in [0.717, 1.165) is 11.1 Å². The van der Waals surface area contributed by atoms with Crippen molar-refractivity contribution in [3.63, 3.8) is 0 Å². The molecule has 0 aliphatic carbocycles. The summed E-state index contributed by atoms with van der Waals surface area (Å²) in [4.78, 5) is 12.6. The third kappa shape index (κ3) is 4.61. The Labute approximate surface area is 151 Å². The van der Waals surface area contributed by atoms with Crippen LogP contribution >= 0.6 is 0 Å². The molecule has 0 saturated carbocycles. The van der Waals surface area contributed by atoms with Crippen molar-refractivity contribution in [2.45, 2.75) is 13.8 Å². The van der Waals surface area contributed by atoms with E-state index < -0.39 is 5.83 Å². The first-order chi connectivity index (χ1) is 12.6. The fourth-order valence-corrected chi connectivity index (χ4v) is 2.15. The van der Waals surface area contributed by atoms with Gasteiger partial charge in [0.05, 0.1) is 5.56 Å². The molecule has 0 spiro atoms. The second-order valence-electron chi connectivity index (χ2n) is 5.22. The maximum absolute atomic E-state index is 14.1. The number of aromatic nitrogens is 2. The first-order valence-corrected chi connectivity index (χ1v) is 7.97. The zero-order chi connectivity index (χ0) is 18.9. The molecule has 0 radical (unpaired) electrons. The average molecular weight is 352 g/mol. The molecule has 134 valence electrons. The fourth-order valence-electron chi connectivity index (χ4n) is 2.15. The summed E-state index contributed by atoms with van der Waals surface area (Å²) in [5.74, 6) is 5.56. The largest absolute Gasteiger partial charge is 0.383 e. The number of amidine groups is 1. The number of hydrogen-bond acceptors (Lipinski definition) is 5. The molecule has 26 heavy (non-hydrogen) atoms. The normalized spacial score (nSPS) is 13.3. The van der Waals surface area contributed by atoms with Crippen LogP contribution in [0.1, 0.15) is 19.4 Å². The number of nitrogens with zero attached hydrogens (tertiary/aromatic N) is 3. The van der Waals surface area contributed by atoms with Crippen LogP contribution in [0, 0.1) is 0 Å². The molecule has 0 fully saturated rings. The van der Waals surface area contributed by atoms with Crippen molar-refractivity contribution in [3.05, 3.63) is 78.2 Å². The minimum absolute atomic E-state index is 0.115. The third-order valence-electron chi connectivity index (χ3n) is 3.48. The Morgan fingerprint density at radius 3 is 2.69 bits per heavy atom. The molecule has 2 aromatic heterocycles. The zero-order valence-corrected chi connectivity index (χ0v) is 14.6. The van der Waals surface area contributed by atoms with E-state index in [1.807, 2.05) is 19.1 Å². The standard InChI is InChI=1S/C19H21FN6/c1-3-5-8-17(16(20)4-2)25-19(26-22)15-10-14(12-24-18(15)21)13-7-6-9-23-11-13/h3-12H,22H2,1-2H3,(H2,21,24)(H,25,26)/b5-3-,16-4+,17-8+. The quantitative estimate of drug-likeness (QED) is 0.252. The lowest BCUT2D eigenvalue weighted by atomic mass is 10.1. The van der Waals surface area contributed by atoms with Crippen molar-refractivity contribution in [2.75, 3.05) is 5.73 Å². The first kappa shape index (κ1) is 19.0. The molecule has 0 unspecified atom stereocenters. The average Bonchev–Trinajstić information content (AvgIpc) is 2.69. The van der Waals surface area contributed by atoms with E-state index >= 15 is 0 Å². The summed E-state index contributed by atoms with van der Waals surface area (Å²) in [6.45, 7) is 3.41. The number of pyridine rings is 2. The second kappa shape index (κ2) is 9.24. The van der Waals surface area contributed by atoms with Crippen molar-refractivity contribution in [2.24, 2.45) is 10.8 Å². The van der Waals surface area contributed by atoms with Gasteiger partial charge in [-0.25, -0.2) is 20.2 Å². The summed E-state index contributed by atoms with van der Waals surface area (Å²) >= 11 is 0. The minimum Gasteiger partial charge on any atom is -0.383 e. The van der Waals surface area contributed by atoms with Gasteiger partial charge in [0, 0.05) is 29.7 Å². The highest BCUT2D eigenvalue weighted by atomic mass is 19.1. The molecule has 0 saturated heterocycles. The van der Waals surface area contributed by atoms with Crippen molar-refractivity contribution in [3.8, 4) is 11.1 Å². The number of hydrogen-bond donors (Lipinski definition) is 3. The summed E-state index contributed by atoms with van der Waals surface area (Å²) in [6.07, 6.45) is 11.3. The molecule has 2 rings (SSSR count). The van der Waals surface area contributed by atoms with Gasteiger partial charge in [0.25, 0.3) is 0 Å². The highest BCUT2D eigenvalue weighted by Crippen LogP contribution is 2.22. The van der Waals surface area contributed by atoms with E-state index in [0.29, 0.717) is 5.56 Å². The van der Waals surface area contributed by atoms with E-state index in [4.69, 9.17) is 11.6 Å². The van der Waals surface area contributed by atoms with Crippen LogP contribution in [0.15, 0.2) is 77.6 Å². The molecular formula is C19H21FN6. The number of allylic oxidation sites excluding steroid dienone is 5. The van der Waals surface area contributed by atoms with Gasteiger partial charge in [-0.1, -0.05) is 18.2 Å². The summed E-state index contributed by atoms with van der Waals surface area (Å²) in [7, 11) is 0. The van der Waals surface area contributed by atoms with Crippen LogP contribution in [0.5, 0.6) is 0 Å². The number of anilines is 1. The number of nitrogens with one attached hydrogen (secondary N) is 1. The van der Waals surface area contributed by atoms with Crippen molar-refractivity contribution in [1.82, 2.24) is 15.4 Å². The molecule has 0 amide bonds. The van der Waals surface area contributed by atoms with Crippen molar-refractivity contribution >= 4 is 11.7 Å². The number of hydrazine groups is 1. The Balaban J connectivity index is 2.55. The van der Waals surface area contributed by atoms with Crippen molar-refractivity contribution in [1.29, 1.82) is 0 Å². The molecule has 0 bridgehead atoms. The number of nitrogens with two attached hydrogens (primary N) is 2. The van der Waals surface area contributed by atoms with E-state index in [1.54, 1.807) is 49.8 Å². The first-order valence-electron chi connectivity index (χ1n) is 7.97. The number of halogens is 1. The monoisotopic (exact) mass is 352 g/mol. The third-order valence-corrected chi connectivity index (χ3v) is 3.48. The summed E-state index contributed by atoms with van der Waals surface area (Å²) in [5.41, 5.74) is 10.7. The Hall–Kier alpha value is -3.32. The predicted molar refractivity (Wildman–Crippen MR) is 104 cm³/mol. The van der Waals surface area contributed by atoms with Crippen LogP contribution in [0.4, 0.5) is 10.2 Å². The molecular weight excluding hydrogens is 331 g/mol. The van der Waals surface area contributed by atoms with Crippen LogP contribution in [-0.2, 0) is 0 Å². The lowest BCUT2D eigenvalue weighted by Crippen LogP contribution is -2.32. The summed E-state index contributed by atoms with van der Waals surface area (Å²) in [5, 5.41) is 0. The van der Waals surface area contributed by atoms with E-state index in [1.165, 1.54) is 6.08 Å². The van der Waals surface area contributed by atoms with Crippen LogP contribution in [0.25, 0.3) is 11.1 Å². The van der Waals surface area contributed by atoms with Gasteiger partial charge >= 0.3 is 0 Å². The maximum Gasteiger partial charge on any atom is 0.151 e. The highest BCUT2D eigenvalue weighted by Gasteiger charge is 2.12.